The number of carboxylic acids is 1. The lowest BCUT2D eigenvalue weighted by Gasteiger charge is -2.45. The molecule has 0 bridgehead atoms. The van der Waals surface area contributed by atoms with Gasteiger partial charge in [-0.2, -0.15) is 0 Å². The number of hydrogen-bond acceptors (Lipinski definition) is 8. The lowest BCUT2D eigenvalue weighted by atomic mass is 9.98. The van der Waals surface area contributed by atoms with Gasteiger partial charge < -0.3 is 28.8 Å². The maximum absolute atomic E-state index is 13.1. The Kier molecular flexibility index (Phi) is 12.8. The Morgan fingerprint density at radius 1 is 0.630 bits per heavy atom. The predicted octanol–water partition coefficient (Wildman–Crippen LogP) is 6.67. The summed E-state index contributed by atoms with van der Waals surface area (Å²) in [5.41, 5.74) is 2.35. The van der Waals surface area contributed by atoms with Gasteiger partial charge in [-0.05, 0) is 28.8 Å². The summed E-state index contributed by atoms with van der Waals surface area (Å²) in [5.74, 6) is -1.74. The fraction of sp³-hybridized carbons (Fsp3) is 0.297. The third-order valence-electron chi connectivity index (χ3n) is 7.36. The minimum Gasteiger partial charge on any atom is -0.481 e. The van der Waals surface area contributed by atoms with Gasteiger partial charge in [0.25, 0.3) is 0 Å². The van der Waals surface area contributed by atoms with Crippen LogP contribution in [0.2, 0.25) is 0 Å². The maximum atomic E-state index is 13.1. The molecule has 0 amide bonds. The summed E-state index contributed by atoms with van der Waals surface area (Å²) in [6.45, 7) is 0.954. The van der Waals surface area contributed by atoms with Gasteiger partial charge in [-0.15, -0.1) is 0 Å². The number of aliphatic carboxylic acids is 1. The van der Waals surface area contributed by atoms with Crippen molar-refractivity contribution >= 4 is 23.7 Å². The van der Waals surface area contributed by atoms with Crippen molar-refractivity contribution in [1.29, 1.82) is 0 Å². The zero-order chi connectivity index (χ0) is 32.0. The molecule has 5 atom stereocenters. The van der Waals surface area contributed by atoms with Crippen LogP contribution < -0.4 is 0 Å². The Bertz CT molecular complexity index is 1470. The highest BCUT2D eigenvalue weighted by atomic mass is 32.2. The Labute approximate surface area is 273 Å². The first-order chi connectivity index (χ1) is 22.5. The van der Waals surface area contributed by atoms with Crippen LogP contribution >= 0.6 is 11.8 Å². The van der Waals surface area contributed by atoms with E-state index in [0.29, 0.717) is 6.61 Å². The summed E-state index contributed by atoms with van der Waals surface area (Å²) in [5, 5.41) is 9.20. The minimum atomic E-state index is -1.08. The molecule has 0 spiro atoms. The summed E-state index contributed by atoms with van der Waals surface area (Å²) in [6, 6.07) is 39.2. The van der Waals surface area contributed by atoms with Crippen molar-refractivity contribution in [1.82, 2.24) is 0 Å². The molecule has 1 aliphatic heterocycles. The summed E-state index contributed by atoms with van der Waals surface area (Å²) < 4.78 is 32.0. The number of thioether (sulfide) groups is 1. The summed E-state index contributed by atoms with van der Waals surface area (Å²) in [4.78, 5) is 25.3. The molecule has 4 aromatic rings. The number of hydrogen-bond donors (Lipinski definition) is 1. The van der Waals surface area contributed by atoms with Gasteiger partial charge in [0.1, 0.15) is 23.7 Å². The summed E-state index contributed by atoms with van der Waals surface area (Å²) in [6.07, 6.45) is -3.73. The zero-order valence-corrected chi connectivity index (χ0v) is 26.2. The fourth-order valence-electron chi connectivity index (χ4n) is 5.07. The van der Waals surface area contributed by atoms with E-state index in [2.05, 4.69) is 0 Å². The van der Waals surface area contributed by atoms with E-state index in [0.717, 1.165) is 21.6 Å². The Morgan fingerprint density at radius 3 is 1.67 bits per heavy atom. The van der Waals surface area contributed by atoms with E-state index in [1.54, 1.807) is 0 Å². The highest BCUT2D eigenvalue weighted by Crippen LogP contribution is 2.38. The molecule has 1 fully saturated rings. The first-order valence-electron chi connectivity index (χ1n) is 15.3. The topological polar surface area (TPSA) is 101 Å². The van der Waals surface area contributed by atoms with Crippen LogP contribution in [-0.2, 0) is 53.1 Å². The molecule has 46 heavy (non-hydrogen) atoms. The number of benzene rings is 4. The number of carbonyl (C=O) groups excluding carboxylic acids is 1. The number of ether oxygens (including phenoxy) is 5. The van der Waals surface area contributed by atoms with Gasteiger partial charge in [0.2, 0.25) is 0 Å². The second kappa shape index (κ2) is 17.6. The molecule has 8 nitrogen and oxygen atoms in total. The molecule has 1 aliphatic rings. The highest BCUT2D eigenvalue weighted by molar-refractivity contribution is 7.99. The zero-order valence-electron chi connectivity index (χ0n) is 25.4. The minimum absolute atomic E-state index is 0.105. The monoisotopic (exact) mass is 642 g/mol. The first-order valence-corrected chi connectivity index (χ1v) is 16.1. The highest BCUT2D eigenvalue weighted by Gasteiger charge is 2.50. The molecule has 0 unspecified atom stereocenters. The van der Waals surface area contributed by atoms with Crippen molar-refractivity contribution in [3.05, 3.63) is 138 Å². The van der Waals surface area contributed by atoms with Crippen LogP contribution in [0.25, 0.3) is 0 Å². The number of esters is 1. The van der Waals surface area contributed by atoms with Crippen molar-refractivity contribution in [3.63, 3.8) is 0 Å². The molecule has 0 aliphatic carbocycles. The molecular formula is C37H38O8S. The molecule has 4 aromatic carbocycles. The quantitative estimate of drug-likeness (QED) is 0.134. The largest absolute Gasteiger partial charge is 0.481 e. The molecule has 240 valence electrons. The molecule has 5 rings (SSSR count). The molecule has 1 heterocycles. The second-order valence-corrected chi connectivity index (χ2v) is 12.0. The van der Waals surface area contributed by atoms with Crippen LogP contribution in [0.3, 0.4) is 0 Å². The van der Waals surface area contributed by atoms with Crippen molar-refractivity contribution in [2.75, 3.05) is 6.61 Å². The first kappa shape index (κ1) is 33.4. The van der Waals surface area contributed by atoms with E-state index in [1.807, 2.05) is 121 Å². The van der Waals surface area contributed by atoms with Crippen LogP contribution in [0.4, 0.5) is 0 Å². The smallest absolute Gasteiger partial charge is 0.306 e. The van der Waals surface area contributed by atoms with Crippen LogP contribution in [0.5, 0.6) is 0 Å². The van der Waals surface area contributed by atoms with E-state index < -0.39 is 41.8 Å². The summed E-state index contributed by atoms with van der Waals surface area (Å²) in [7, 11) is 0. The van der Waals surface area contributed by atoms with E-state index >= 15 is 0 Å². The van der Waals surface area contributed by atoms with E-state index in [-0.39, 0.29) is 32.7 Å². The number of carbonyl (C=O) groups is 2. The van der Waals surface area contributed by atoms with Crippen LogP contribution in [0, 0.1) is 0 Å². The van der Waals surface area contributed by atoms with E-state index in [1.165, 1.54) is 11.8 Å². The Balaban J connectivity index is 1.46. The third-order valence-corrected chi connectivity index (χ3v) is 8.52. The van der Waals surface area contributed by atoms with Gasteiger partial charge in [0, 0.05) is 4.90 Å². The number of rotatable bonds is 16. The van der Waals surface area contributed by atoms with Gasteiger partial charge in [-0.3, -0.25) is 9.59 Å². The normalized spacial score (nSPS) is 21.0. The van der Waals surface area contributed by atoms with Gasteiger partial charge in [-0.25, -0.2) is 0 Å². The average molecular weight is 643 g/mol. The molecule has 9 heteroatoms. The van der Waals surface area contributed by atoms with Gasteiger partial charge in [0.05, 0.1) is 39.3 Å². The van der Waals surface area contributed by atoms with Crippen molar-refractivity contribution < 1.29 is 38.4 Å². The Morgan fingerprint density at radius 2 is 1.13 bits per heavy atom. The van der Waals surface area contributed by atoms with Crippen molar-refractivity contribution in [2.24, 2.45) is 0 Å². The third kappa shape index (κ3) is 10.3. The van der Waals surface area contributed by atoms with Crippen LogP contribution in [-0.4, -0.2) is 53.5 Å². The molecular weight excluding hydrogens is 604 g/mol. The molecule has 1 N–H and O–H groups in total. The molecule has 0 saturated carbocycles. The van der Waals surface area contributed by atoms with Crippen LogP contribution in [0.1, 0.15) is 29.5 Å². The lowest BCUT2D eigenvalue weighted by Crippen LogP contribution is -2.60. The standard InChI is InChI=1S/C37H38O8S/c38-32(39)21-22-33(40)45-34-31(26-41-23-27-13-5-1-6-14-27)44-37(46-30-19-11-4-12-20-30)36(43-25-29-17-9-3-10-18-29)35(34)42-24-28-15-7-2-8-16-28/h1-20,31,34-37H,21-26H2,(H,38,39)/t31-,34-,35+,36+,37-/m1/s1. The maximum Gasteiger partial charge on any atom is 0.306 e. The van der Waals surface area contributed by atoms with Crippen LogP contribution in [0.15, 0.2) is 126 Å². The molecule has 0 radical (unpaired) electrons. The average Bonchev–Trinajstić information content (AvgIpc) is 3.09. The van der Waals surface area contributed by atoms with E-state index in [9.17, 15) is 14.7 Å². The number of carboxylic acid groups (broad SMARTS) is 1. The van der Waals surface area contributed by atoms with Gasteiger partial charge in [0.15, 0.2) is 6.10 Å². The Hall–Kier alpha value is -3.99. The SMILES string of the molecule is O=C(O)CCC(=O)O[C@H]1[C@H](OCc2ccccc2)[C@H](OCc2ccccc2)[C@@H](Sc2ccccc2)O[C@@H]1COCc1ccccc1. The van der Waals surface area contributed by atoms with Crippen molar-refractivity contribution in [2.45, 2.75) is 67.4 Å². The second-order valence-electron chi connectivity index (χ2n) is 10.8. The lowest BCUT2D eigenvalue weighted by molar-refractivity contribution is -0.249. The van der Waals surface area contributed by atoms with E-state index in [4.69, 9.17) is 23.7 Å². The molecule has 0 aromatic heterocycles. The fourth-order valence-corrected chi connectivity index (χ4v) is 6.22. The van der Waals surface area contributed by atoms with Crippen molar-refractivity contribution in [3.8, 4) is 0 Å². The van der Waals surface area contributed by atoms with Gasteiger partial charge in [-0.1, -0.05) is 121 Å². The summed E-state index contributed by atoms with van der Waals surface area (Å²) >= 11 is 1.50. The molecule has 1 saturated heterocycles. The van der Waals surface area contributed by atoms with Gasteiger partial charge >= 0.3 is 11.9 Å². The predicted molar refractivity (Wildman–Crippen MR) is 174 cm³/mol.